The van der Waals surface area contributed by atoms with Crippen LogP contribution in [-0.2, 0) is 5.54 Å². The second kappa shape index (κ2) is 6.35. The Morgan fingerprint density at radius 3 is 2.45 bits per heavy atom. The van der Waals surface area contributed by atoms with Gasteiger partial charge in [-0.05, 0) is 52.7 Å². The molecule has 2 aromatic carbocycles. The molecular weight excluding hydrogens is 361 g/mol. The normalized spacial score (nSPS) is 13.8. The predicted octanol–water partition coefficient (Wildman–Crippen LogP) is 5.08. The van der Waals surface area contributed by atoms with Crippen LogP contribution in [-0.4, -0.2) is 11.7 Å². The van der Waals surface area contributed by atoms with Crippen molar-refractivity contribution in [3.8, 4) is 0 Å². The molecule has 0 saturated carbocycles. The van der Waals surface area contributed by atoms with Crippen LogP contribution in [0.2, 0.25) is 10.0 Å². The lowest BCUT2D eigenvalue weighted by molar-refractivity contribution is 0.224. The van der Waals surface area contributed by atoms with E-state index < -0.39 is 5.54 Å². The summed E-state index contributed by atoms with van der Waals surface area (Å²) in [7, 11) is 0. The van der Waals surface area contributed by atoms with E-state index in [0.29, 0.717) is 10.0 Å². The summed E-state index contributed by atoms with van der Waals surface area (Å²) < 4.78 is 0.930. The van der Waals surface area contributed by atoms with E-state index in [2.05, 4.69) is 21.2 Å². The number of aliphatic hydroxyl groups excluding tert-OH is 1. The van der Waals surface area contributed by atoms with Crippen molar-refractivity contribution in [1.82, 2.24) is 0 Å². The Hall–Kier alpha value is -0.740. The maximum atomic E-state index is 9.80. The Balaban J connectivity index is 2.38. The van der Waals surface area contributed by atoms with Crippen molar-refractivity contribution < 1.29 is 5.11 Å². The van der Waals surface area contributed by atoms with Gasteiger partial charge in [0.05, 0.1) is 22.2 Å². The van der Waals surface area contributed by atoms with Crippen molar-refractivity contribution in [2.75, 3.05) is 11.9 Å². The van der Waals surface area contributed by atoms with Gasteiger partial charge in [-0.2, -0.15) is 0 Å². The zero-order chi connectivity index (χ0) is 14.8. The number of benzene rings is 2. The van der Waals surface area contributed by atoms with Gasteiger partial charge in [-0.3, -0.25) is 0 Å². The topological polar surface area (TPSA) is 32.3 Å². The molecule has 1 unspecified atom stereocenters. The number of para-hydroxylation sites is 1. The van der Waals surface area contributed by atoms with Crippen LogP contribution in [0.25, 0.3) is 0 Å². The Morgan fingerprint density at radius 1 is 1.15 bits per heavy atom. The highest BCUT2D eigenvalue weighted by Crippen LogP contribution is 2.33. The van der Waals surface area contributed by atoms with Gasteiger partial charge in [0.25, 0.3) is 0 Å². The minimum absolute atomic E-state index is 0.0771. The van der Waals surface area contributed by atoms with E-state index in [0.717, 1.165) is 15.7 Å². The van der Waals surface area contributed by atoms with Gasteiger partial charge in [-0.1, -0.05) is 41.4 Å². The molecule has 0 aliphatic heterocycles. The zero-order valence-electron chi connectivity index (χ0n) is 10.8. The smallest absolute Gasteiger partial charge is 0.0829 e. The Bertz CT molecular complexity index is 621. The minimum Gasteiger partial charge on any atom is -0.394 e. The van der Waals surface area contributed by atoms with Crippen LogP contribution in [0.5, 0.6) is 0 Å². The fraction of sp³-hybridized carbons (Fsp3) is 0.200. The molecule has 0 heterocycles. The number of anilines is 1. The summed E-state index contributed by atoms with van der Waals surface area (Å²) in [4.78, 5) is 0. The highest BCUT2D eigenvalue weighted by molar-refractivity contribution is 9.10. The molecule has 2 nitrogen and oxygen atoms in total. The number of halogens is 3. The minimum atomic E-state index is -0.655. The standard InChI is InChI=1S/C15H14BrCl2NO/c1-15(9-20,10-6-7-12(17)13(18)8-10)19-14-5-3-2-4-11(14)16/h2-8,19-20H,9H2,1H3. The third-order valence-corrected chi connectivity index (χ3v) is 4.59. The lowest BCUT2D eigenvalue weighted by Gasteiger charge is -2.31. The van der Waals surface area contributed by atoms with Crippen molar-refractivity contribution in [2.45, 2.75) is 12.5 Å². The quantitative estimate of drug-likeness (QED) is 0.782. The third-order valence-electron chi connectivity index (χ3n) is 3.16. The van der Waals surface area contributed by atoms with Crippen LogP contribution in [0.15, 0.2) is 46.9 Å². The molecule has 0 radical (unpaired) electrons. The summed E-state index contributed by atoms with van der Waals surface area (Å²) in [6.07, 6.45) is 0. The van der Waals surface area contributed by atoms with Gasteiger partial charge in [-0.15, -0.1) is 0 Å². The largest absolute Gasteiger partial charge is 0.394 e. The van der Waals surface area contributed by atoms with Gasteiger partial charge in [-0.25, -0.2) is 0 Å². The molecule has 0 aliphatic carbocycles. The SMILES string of the molecule is CC(CO)(Nc1ccccc1Br)c1ccc(Cl)c(Cl)c1. The molecule has 20 heavy (non-hydrogen) atoms. The van der Waals surface area contributed by atoms with E-state index in [1.54, 1.807) is 12.1 Å². The average molecular weight is 375 g/mol. The van der Waals surface area contributed by atoms with E-state index in [9.17, 15) is 5.11 Å². The maximum absolute atomic E-state index is 9.80. The fourth-order valence-corrected chi connectivity index (χ4v) is 2.58. The number of hydrogen-bond acceptors (Lipinski definition) is 2. The fourth-order valence-electron chi connectivity index (χ4n) is 1.90. The lowest BCUT2D eigenvalue weighted by atomic mass is 9.92. The average Bonchev–Trinajstić information content (AvgIpc) is 2.44. The van der Waals surface area contributed by atoms with Gasteiger partial charge in [0.2, 0.25) is 0 Å². The van der Waals surface area contributed by atoms with Crippen molar-refractivity contribution in [1.29, 1.82) is 0 Å². The van der Waals surface area contributed by atoms with E-state index in [-0.39, 0.29) is 6.61 Å². The van der Waals surface area contributed by atoms with Crippen LogP contribution >= 0.6 is 39.1 Å². The number of rotatable bonds is 4. The van der Waals surface area contributed by atoms with Crippen molar-refractivity contribution in [2.24, 2.45) is 0 Å². The number of nitrogens with one attached hydrogen (secondary N) is 1. The van der Waals surface area contributed by atoms with E-state index >= 15 is 0 Å². The summed E-state index contributed by atoms with van der Waals surface area (Å²) in [5.74, 6) is 0. The summed E-state index contributed by atoms with van der Waals surface area (Å²) in [6, 6.07) is 13.1. The Kier molecular flexibility index (Phi) is 4.97. The Morgan fingerprint density at radius 2 is 1.85 bits per heavy atom. The van der Waals surface area contributed by atoms with Crippen molar-refractivity contribution in [3.63, 3.8) is 0 Å². The summed E-state index contributed by atoms with van der Waals surface area (Å²) in [6.45, 7) is 1.83. The molecule has 0 spiro atoms. The molecule has 2 aromatic rings. The lowest BCUT2D eigenvalue weighted by Crippen LogP contribution is -2.36. The zero-order valence-corrected chi connectivity index (χ0v) is 13.9. The maximum Gasteiger partial charge on any atom is 0.0829 e. The first-order valence-corrected chi connectivity index (χ1v) is 7.60. The molecule has 0 bridgehead atoms. The summed E-state index contributed by atoms with van der Waals surface area (Å²) in [5.41, 5.74) is 1.11. The van der Waals surface area contributed by atoms with Crippen LogP contribution in [0.1, 0.15) is 12.5 Å². The van der Waals surface area contributed by atoms with Gasteiger partial charge >= 0.3 is 0 Å². The summed E-state index contributed by atoms with van der Waals surface area (Å²) >= 11 is 15.5. The molecule has 2 N–H and O–H groups in total. The van der Waals surface area contributed by atoms with Crippen LogP contribution in [0.3, 0.4) is 0 Å². The Labute approximate surface area is 136 Å². The first-order valence-electron chi connectivity index (χ1n) is 6.05. The highest BCUT2D eigenvalue weighted by Gasteiger charge is 2.26. The first-order chi connectivity index (χ1) is 9.46. The number of hydrogen-bond donors (Lipinski definition) is 2. The number of aliphatic hydroxyl groups is 1. The summed E-state index contributed by atoms with van der Waals surface area (Å²) in [5, 5.41) is 14.1. The first kappa shape index (κ1) is 15.6. The van der Waals surface area contributed by atoms with E-state index in [1.165, 1.54) is 0 Å². The molecule has 0 fully saturated rings. The van der Waals surface area contributed by atoms with Crippen LogP contribution in [0, 0.1) is 0 Å². The van der Waals surface area contributed by atoms with E-state index in [1.807, 2.05) is 37.3 Å². The van der Waals surface area contributed by atoms with Crippen LogP contribution < -0.4 is 5.32 Å². The molecular formula is C15H14BrCl2NO. The molecule has 1 atom stereocenters. The second-order valence-corrected chi connectivity index (χ2v) is 6.39. The molecule has 106 valence electrons. The van der Waals surface area contributed by atoms with Gasteiger partial charge in [0, 0.05) is 10.2 Å². The molecule has 5 heteroatoms. The third kappa shape index (κ3) is 3.29. The highest BCUT2D eigenvalue weighted by atomic mass is 79.9. The van der Waals surface area contributed by atoms with Crippen molar-refractivity contribution in [3.05, 3.63) is 62.5 Å². The van der Waals surface area contributed by atoms with Gasteiger partial charge < -0.3 is 10.4 Å². The molecule has 0 aromatic heterocycles. The molecule has 0 amide bonds. The molecule has 2 rings (SSSR count). The van der Waals surface area contributed by atoms with E-state index in [4.69, 9.17) is 23.2 Å². The van der Waals surface area contributed by atoms with Crippen molar-refractivity contribution >= 4 is 44.8 Å². The molecule has 0 saturated heterocycles. The predicted molar refractivity (Wildman–Crippen MR) is 88.7 cm³/mol. The van der Waals surface area contributed by atoms with Crippen LogP contribution in [0.4, 0.5) is 5.69 Å². The van der Waals surface area contributed by atoms with Gasteiger partial charge in [0.15, 0.2) is 0 Å². The molecule has 0 aliphatic rings. The monoisotopic (exact) mass is 373 g/mol. The second-order valence-electron chi connectivity index (χ2n) is 4.72. The van der Waals surface area contributed by atoms with Gasteiger partial charge in [0.1, 0.15) is 0 Å².